The Morgan fingerprint density at radius 3 is 2.80 bits per heavy atom. The predicted octanol–water partition coefficient (Wildman–Crippen LogP) is 3.43. The maximum atomic E-state index is 14.0. The van der Waals surface area contributed by atoms with Crippen molar-refractivity contribution in [3.63, 3.8) is 0 Å². The third-order valence-electron chi connectivity index (χ3n) is 4.52. The molecule has 1 amide bonds. The minimum absolute atomic E-state index is 0.00340. The van der Waals surface area contributed by atoms with Crippen molar-refractivity contribution < 1.29 is 13.6 Å². The molecule has 0 bridgehead atoms. The van der Waals surface area contributed by atoms with E-state index in [2.05, 4.69) is 25.7 Å². The van der Waals surface area contributed by atoms with Gasteiger partial charge in [0.25, 0.3) is 0 Å². The molecule has 1 aliphatic carbocycles. The number of hydrogen-bond donors (Lipinski definition) is 2. The Hall–Kier alpha value is -2.90. The van der Waals surface area contributed by atoms with E-state index in [0.29, 0.717) is 16.9 Å². The van der Waals surface area contributed by atoms with Crippen LogP contribution in [0.15, 0.2) is 24.3 Å². The summed E-state index contributed by atoms with van der Waals surface area (Å²) in [6, 6.07) is 5.40. The molecular weight excluding hydrogens is 328 g/mol. The van der Waals surface area contributed by atoms with E-state index in [1.165, 1.54) is 18.2 Å². The zero-order valence-electron chi connectivity index (χ0n) is 13.2. The molecule has 0 radical (unpaired) electrons. The van der Waals surface area contributed by atoms with Gasteiger partial charge in [-0.25, -0.2) is 8.78 Å². The fourth-order valence-corrected chi connectivity index (χ4v) is 3.16. The number of anilines is 1. The van der Waals surface area contributed by atoms with E-state index in [1.807, 2.05) is 0 Å². The van der Waals surface area contributed by atoms with Gasteiger partial charge in [-0.3, -0.25) is 9.89 Å². The summed E-state index contributed by atoms with van der Waals surface area (Å²) in [6.45, 7) is 0. The Morgan fingerprint density at radius 1 is 1.20 bits per heavy atom. The van der Waals surface area contributed by atoms with Crippen molar-refractivity contribution in [2.75, 3.05) is 5.32 Å². The van der Waals surface area contributed by atoms with E-state index in [9.17, 15) is 13.6 Å². The summed E-state index contributed by atoms with van der Waals surface area (Å²) in [7, 11) is 0. The molecule has 3 aromatic rings. The number of aromatic amines is 1. The van der Waals surface area contributed by atoms with Crippen LogP contribution in [0, 0.1) is 17.6 Å². The highest BCUT2D eigenvalue weighted by Crippen LogP contribution is 2.29. The zero-order valence-corrected chi connectivity index (χ0v) is 13.2. The fourth-order valence-electron chi connectivity index (χ4n) is 3.16. The molecule has 1 aliphatic rings. The van der Waals surface area contributed by atoms with Crippen molar-refractivity contribution in [1.29, 1.82) is 0 Å². The Labute approximate surface area is 141 Å². The summed E-state index contributed by atoms with van der Waals surface area (Å²) in [5.41, 5.74) is 0.535. The van der Waals surface area contributed by atoms with Crippen molar-refractivity contribution in [2.45, 2.75) is 25.7 Å². The molecule has 1 aromatic carbocycles. The van der Waals surface area contributed by atoms with Gasteiger partial charge in [-0.05, 0) is 31.0 Å². The smallest absolute Gasteiger partial charge is 0.228 e. The standard InChI is InChI=1S/C17H15F2N5O/c18-12-7-3-6-10(14(12)19)13-8-11-15(22-24-16(11)23-21-13)20-17(25)9-4-1-2-5-9/h3,6-9H,1-2,4-5H2,(H2,20,22,23,24,25). The molecule has 0 spiro atoms. The van der Waals surface area contributed by atoms with Crippen LogP contribution in [0.3, 0.4) is 0 Å². The number of hydrogen-bond acceptors (Lipinski definition) is 4. The molecule has 25 heavy (non-hydrogen) atoms. The second kappa shape index (κ2) is 6.19. The summed E-state index contributed by atoms with van der Waals surface area (Å²) in [6.07, 6.45) is 3.84. The average Bonchev–Trinajstić information content (AvgIpc) is 3.27. The molecule has 2 aromatic heterocycles. The van der Waals surface area contributed by atoms with Crippen LogP contribution in [0.5, 0.6) is 0 Å². The quantitative estimate of drug-likeness (QED) is 0.763. The van der Waals surface area contributed by atoms with Gasteiger partial charge in [-0.1, -0.05) is 18.9 Å². The largest absolute Gasteiger partial charge is 0.308 e. The molecule has 2 N–H and O–H groups in total. The molecule has 1 saturated carbocycles. The number of fused-ring (bicyclic) bond motifs is 1. The maximum Gasteiger partial charge on any atom is 0.228 e. The van der Waals surface area contributed by atoms with Gasteiger partial charge in [-0.15, -0.1) is 10.2 Å². The third-order valence-corrected chi connectivity index (χ3v) is 4.52. The molecule has 0 saturated heterocycles. The average molecular weight is 343 g/mol. The number of aromatic nitrogens is 4. The number of H-pyrrole nitrogens is 1. The van der Waals surface area contributed by atoms with Gasteiger partial charge >= 0.3 is 0 Å². The number of benzene rings is 1. The predicted molar refractivity (Wildman–Crippen MR) is 87.6 cm³/mol. The van der Waals surface area contributed by atoms with Crippen LogP contribution >= 0.6 is 0 Å². The Balaban J connectivity index is 1.70. The number of nitrogens with zero attached hydrogens (tertiary/aromatic N) is 3. The minimum Gasteiger partial charge on any atom is -0.308 e. The van der Waals surface area contributed by atoms with Crippen molar-refractivity contribution in [1.82, 2.24) is 20.4 Å². The number of amides is 1. The van der Waals surface area contributed by atoms with Crippen LogP contribution < -0.4 is 5.32 Å². The van der Waals surface area contributed by atoms with Crippen molar-refractivity contribution in [2.24, 2.45) is 5.92 Å². The van der Waals surface area contributed by atoms with Gasteiger partial charge in [0.05, 0.1) is 11.1 Å². The van der Waals surface area contributed by atoms with Crippen LogP contribution in [0.25, 0.3) is 22.3 Å². The normalized spacial score (nSPS) is 15.0. The van der Waals surface area contributed by atoms with Crippen LogP contribution in [0.4, 0.5) is 14.6 Å². The van der Waals surface area contributed by atoms with Gasteiger partial charge in [0.1, 0.15) is 0 Å². The van der Waals surface area contributed by atoms with Crippen LogP contribution in [-0.4, -0.2) is 26.3 Å². The first kappa shape index (κ1) is 15.6. The maximum absolute atomic E-state index is 14.0. The van der Waals surface area contributed by atoms with Gasteiger partial charge in [-0.2, -0.15) is 5.10 Å². The number of carbonyl (C=O) groups excluding carboxylic acids is 1. The van der Waals surface area contributed by atoms with E-state index in [4.69, 9.17) is 0 Å². The van der Waals surface area contributed by atoms with Crippen LogP contribution in [-0.2, 0) is 4.79 Å². The molecule has 1 fully saturated rings. The molecular formula is C17H15F2N5O. The second-order valence-electron chi connectivity index (χ2n) is 6.14. The van der Waals surface area contributed by atoms with Crippen molar-refractivity contribution >= 4 is 22.8 Å². The van der Waals surface area contributed by atoms with Gasteiger partial charge in [0.2, 0.25) is 5.91 Å². The molecule has 6 nitrogen and oxygen atoms in total. The first-order valence-electron chi connectivity index (χ1n) is 8.10. The number of rotatable bonds is 3. The lowest BCUT2D eigenvalue weighted by Gasteiger charge is -2.08. The Bertz CT molecular complexity index is 949. The molecule has 0 aliphatic heterocycles. The zero-order chi connectivity index (χ0) is 17.4. The van der Waals surface area contributed by atoms with Crippen molar-refractivity contribution in [3.8, 4) is 11.3 Å². The second-order valence-corrected chi connectivity index (χ2v) is 6.14. The monoisotopic (exact) mass is 343 g/mol. The summed E-state index contributed by atoms with van der Waals surface area (Å²) in [5, 5.41) is 17.9. The van der Waals surface area contributed by atoms with E-state index in [-0.39, 0.29) is 23.1 Å². The number of carbonyl (C=O) groups is 1. The van der Waals surface area contributed by atoms with Gasteiger partial charge < -0.3 is 5.32 Å². The molecule has 2 heterocycles. The summed E-state index contributed by atoms with van der Waals surface area (Å²) in [5.74, 6) is -1.72. The van der Waals surface area contributed by atoms with Crippen molar-refractivity contribution in [3.05, 3.63) is 35.9 Å². The first-order valence-corrected chi connectivity index (χ1v) is 8.10. The molecule has 0 atom stereocenters. The highest BCUT2D eigenvalue weighted by molar-refractivity contribution is 6.00. The molecule has 0 unspecified atom stereocenters. The van der Waals surface area contributed by atoms with Crippen LogP contribution in [0.2, 0.25) is 0 Å². The lowest BCUT2D eigenvalue weighted by molar-refractivity contribution is -0.119. The minimum atomic E-state index is -0.990. The number of halogens is 2. The molecule has 4 rings (SSSR count). The van der Waals surface area contributed by atoms with Gasteiger partial charge in [0.15, 0.2) is 23.1 Å². The summed E-state index contributed by atoms with van der Waals surface area (Å²) in [4.78, 5) is 12.3. The SMILES string of the molecule is O=C(Nc1n[nH]c2nnc(-c3cccc(F)c3F)cc12)C1CCCC1. The van der Waals surface area contributed by atoms with Gasteiger partial charge in [0, 0.05) is 11.5 Å². The number of nitrogens with one attached hydrogen (secondary N) is 2. The fraction of sp³-hybridized carbons (Fsp3) is 0.294. The topological polar surface area (TPSA) is 83.6 Å². The first-order chi connectivity index (χ1) is 12.1. The summed E-state index contributed by atoms with van der Waals surface area (Å²) >= 11 is 0. The van der Waals surface area contributed by atoms with E-state index >= 15 is 0 Å². The third kappa shape index (κ3) is 2.84. The van der Waals surface area contributed by atoms with Crippen LogP contribution in [0.1, 0.15) is 25.7 Å². The highest BCUT2D eigenvalue weighted by Gasteiger charge is 2.24. The van der Waals surface area contributed by atoms with E-state index in [1.54, 1.807) is 0 Å². The summed E-state index contributed by atoms with van der Waals surface area (Å²) < 4.78 is 27.4. The Morgan fingerprint density at radius 2 is 2.00 bits per heavy atom. The van der Waals surface area contributed by atoms with E-state index < -0.39 is 11.6 Å². The molecule has 128 valence electrons. The highest BCUT2D eigenvalue weighted by atomic mass is 19.2. The van der Waals surface area contributed by atoms with E-state index in [0.717, 1.165) is 31.7 Å². The lowest BCUT2D eigenvalue weighted by atomic mass is 10.1. The Kier molecular flexibility index (Phi) is 3.87. The lowest BCUT2D eigenvalue weighted by Crippen LogP contribution is -2.20. The molecule has 8 heteroatoms.